The molecule has 1 aromatic heterocycles. The lowest BCUT2D eigenvalue weighted by Gasteiger charge is -2.04. The van der Waals surface area contributed by atoms with E-state index in [2.05, 4.69) is 35.3 Å². The van der Waals surface area contributed by atoms with Crippen LogP contribution in [-0.2, 0) is 0 Å². The van der Waals surface area contributed by atoms with Crippen LogP contribution in [0.4, 0.5) is 5.13 Å². The first-order chi connectivity index (χ1) is 7.16. The van der Waals surface area contributed by atoms with Crippen LogP contribution >= 0.6 is 11.5 Å². The molecule has 4 heteroatoms. The molecule has 0 unspecified atom stereocenters. The summed E-state index contributed by atoms with van der Waals surface area (Å²) in [4.78, 5) is 4.14. The fraction of sp³-hybridized carbons (Fsp3) is 0.273. The van der Waals surface area contributed by atoms with Crippen LogP contribution in [0.5, 0.6) is 0 Å². The number of benzene rings is 1. The average Bonchev–Trinajstić information content (AvgIpc) is 2.65. The predicted octanol–water partition coefficient (Wildman–Crippen LogP) is 2.91. The minimum absolute atomic E-state index is 0.512. The number of hydrogen-bond acceptors (Lipinski definition) is 4. The van der Waals surface area contributed by atoms with Crippen molar-refractivity contribution in [2.24, 2.45) is 0 Å². The first-order valence-electron chi connectivity index (χ1n) is 4.86. The quantitative estimate of drug-likeness (QED) is 0.845. The summed E-state index contributed by atoms with van der Waals surface area (Å²) in [7, 11) is 0. The highest BCUT2D eigenvalue weighted by atomic mass is 32.1. The van der Waals surface area contributed by atoms with E-state index in [4.69, 9.17) is 5.73 Å². The molecule has 0 saturated heterocycles. The smallest absolute Gasteiger partial charge is 0.200 e. The minimum Gasteiger partial charge on any atom is -0.374 e. The molecule has 78 valence electrons. The minimum atomic E-state index is 0.512. The van der Waals surface area contributed by atoms with Crippen molar-refractivity contribution in [1.82, 2.24) is 9.36 Å². The molecule has 2 rings (SSSR count). The topological polar surface area (TPSA) is 51.8 Å². The molecular weight excluding hydrogens is 206 g/mol. The van der Waals surface area contributed by atoms with Gasteiger partial charge in [0.25, 0.3) is 0 Å². The molecule has 0 aliphatic carbocycles. The van der Waals surface area contributed by atoms with Crippen LogP contribution < -0.4 is 5.73 Å². The Morgan fingerprint density at radius 1 is 1.20 bits per heavy atom. The zero-order chi connectivity index (χ0) is 10.8. The van der Waals surface area contributed by atoms with Crippen LogP contribution in [0.25, 0.3) is 11.4 Å². The second-order valence-corrected chi connectivity index (χ2v) is 4.52. The van der Waals surface area contributed by atoms with E-state index >= 15 is 0 Å². The summed E-state index contributed by atoms with van der Waals surface area (Å²) in [5, 5.41) is 0.512. The second-order valence-electron chi connectivity index (χ2n) is 3.73. The molecule has 3 nitrogen and oxygen atoms in total. The van der Waals surface area contributed by atoms with Gasteiger partial charge in [0.2, 0.25) is 0 Å². The third-order valence-electron chi connectivity index (χ3n) is 2.28. The molecule has 0 spiro atoms. The zero-order valence-electron chi connectivity index (χ0n) is 8.77. The molecule has 0 radical (unpaired) electrons. The fourth-order valence-electron chi connectivity index (χ4n) is 1.37. The van der Waals surface area contributed by atoms with Gasteiger partial charge in [-0.1, -0.05) is 38.1 Å². The summed E-state index contributed by atoms with van der Waals surface area (Å²) in [6.07, 6.45) is 0. The van der Waals surface area contributed by atoms with Gasteiger partial charge >= 0.3 is 0 Å². The van der Waals surface area contributed by atoms with Crippen LogP contribution in [0, 0.1) is 0 Å². The molecule has 0 saturated carbocycles. The van der Waals surface area contributed by atoms with Crippen LogP contribution in [0.1, 0.15) is 25.3 Å². The first-order valence-corrected chi connectivity index (χ1v) is 5.63. The molecule has 0 fully saturated rings. The number of nitrogen functional groups attached to an aromatic ring is 1. The Balaban J connectivity index is 2.31. The summed E-state index contributed by atoms with van der Waals surface area (Å²) in [6.45, 7) is 4.35. The Morgan fingerprint density at radius 3 is 2.33 bits per heavy atom. The normalized spacial score (nSPS) is 10.9. The van der Waals surface area contributed by atoms with Crippen molar-refractivity contribution in [2.45, 2.75) is 19.8 Å². The van der Waals surface area contributed by atoms with Crippen molar-refractivity contribution in [3.05, 3.63) is 29.8 Å². The molecular formula is C11H13N3S. The van der Waals surface area contributed by atoms with Gasteiger partial charge in [0.1, 0.15) is 0 Å². The average molecular weight is 219 g/mol. The monoisotopic (exact) mass is 219 g/mol. The van der Waals surface area contributed by atoms with Crippen LogP contribution in [0.2, 0.25) is 0 Å². The SMILES string of the molecule is CC(C)c1ccc(-c2nsc(N)n2)cc1. The number of aromatic nitrogens is 2. The van der Waals surface area contributed by atoms with Gasteiger partial charge in [-0.25, -0.2) is 0 Å². The van der Waals surface area contributed by atoms with E-state index in [-0.39, 0.29) is 0 Å². The van der Waals surface area contributed by atoms with Gasteiger partial charge < -0.3 is 5.73 Å². The summed E-state index contributed by atoms with van der Waals surface area (Å²) in [5.41, 5.74) is 7.88. The highest BCUT2D eigenvalue weighted by Crippen LogP contribution is 2.22. The zero-order valence-corrected chi connectivity index (χ0v) is 9.58. The van der Waals surface area contributed by atoms with Crippen molar-refractivity contribution in [2.75, 3.05) is 5.73 Å². The van der Waals surface area contributed by atoms with Crippen molar-refractivity contribution >= 4 is 16.7 Å². The van der Waals surface area contributed by atoms with Gasteiger partial charge in [0.15, 0.2) is 11.0 Å². The Hall–Kier alpha value is -1.42. The number of nitrogens with two attached hydrogens (primary N) is 1. The maximum atomic E-state index is 5.54. The van der Waals surface area contributed by atoms with Gasteiger partial charge in [-0.2, -0.15) is 9.36 Å². The van der Waals surface area contributed by atoms with Crippen molar-refractivity contribution in [1.29, 1.82) is 0 Å². The van der Waals surface area contributed by atoms with E-state index in [1.165, 1.54) is 17.1 Å². The predicted molar refractivity (Wildman–Crippen MR) is 63.8 cm³/mol. The highest BCUT2D eigenvalue weighted by Gasteiger charge is 2.05. The lowest BCUT2D eigenvalue weighted by molar-refractivity contribution is 0.867. The van der Waals surface area contributed by atoms with E-state index in [9.17, 15) is 0 Å². The molecule has 0 amide bonds. The van der Waals surface area contributed by atoms with Gasteiger partial charge in [-0.15, -0.1) is 0 Å². The number of hydrogen-bond donors (Lipinski definition) is 1. The third-order valence-corrected chi connectivity index (χ3v) is 2.82. The largest absolute Gasteiger partial charge is 0.374 e. The van der Waals surface area contributed by atoms with Crippen LogP contribution in [-0.4, -0.2) is 9.36 Å². The maximum absolute atomic E-state index is 5.54. The van der Waals surface area contributed by atoms with Crippen LogP contribution in [0.3, 0.4) is 0 Å². The Bertz CT molecular complexity index is 445. The Morgan fingerprint density at radius 2 is 1.87 bits per heavy atom. The summed E-state index contributed by atoms with van der Waals surface area (Å²) in [6, 6.07) is 8.29. The highest BCUT2D eigenvalue weighted by molar-refractivity contribution is 7.09. The summed E-state index contributed by atoms with van der Waals surface area (Å²) >= 11 is 1.23. The van der Waals surface area contributed by atoms with E-state index in [0.29, 0.717) is 16.9 Å². The molecule has 0 aliphatic rings. The van der Waals surface area contributed by atoms with E-state index < -0.39 is 0 Å². The van der Waals surface area contributed by atoms with Gasteiger partial charge in [-0.3, -0.25) is 0 Å². The standard InChI is InChI=1S/C11H13N3S/c1-7(2)8-3-5-9(6-4-8)10-13-11(12)15-14-10/h3-7H,1-2H3,(H2,12,13,14). The van der Waals surface area contributed by atoms with E-state index in [1.807, 2.05) is 12.1 Å². The molecule has 2 aromatic rings. The number of nitrogens with zero attached hydrogens (tertiary/aromatic N) is 2. The molecule has 0 bridgehead atoms. The second kappa shape index (κ2) is 3.98. The Labute approximate surface area is 93.1 Å². The van der Waals surface area contributed by atoms with E-state index in [0.717, 1.165) is 5.56 Å². The summed E-state index contributed by atoms with van der Waals surface area (Å²) in [5.74, 6) is 1.26. The van der Waals surface area contributed by atoms with E-state index in [1.54, 1.807) is 0 Å². The molecule has 1 aromatic carbocycles. The molecule has 2 N–H and O–H groups in total. The maximum Gasteiger partial charge on any atom is 0.200 e. The van der Waals surface area contributed by atoms with Crippen molar-refractivity contribution in [3.8, 4) is 11.4 Å². The Kier molecular flexibility index (Phi) is 2.68. The third kappa shape index (κ3) is 2.15. The van der Waals surface area contributed by atoms with Crippen LogP contribution in [0.15, 0.2) is 24.3 Å². The first kappa shape index (κ1) is 10.1. The summed E-state index contributed by atoms with van der Waals surface area (Å²) < 4.78 is 4.17. The van der Waals surface area contributed by atoms with Gasteiger partial charge in [0, 0.05) is 17.1 Å². The van der Waals surface area contributed by atoms with Gasteiger partial charge in [0.05, 0.1) is 0 Å². The lowest BCUT2D eigenvalue weighted by atomic mass is 10.0. The molecule has 1 heterocycles. The number of rotatable bonds is 2. The van der Waals surface area contributed by atoms with Crippen molar-refractivity contribution in [3.63, 3.8) is 0 Å². The number of anilines is 1. The lowest BCUT2D eigenvalue weighted by Crippen LogP contribution is -1.88. The van der Waals surface area contributed by atoms with Crippen molar-refractivity contribution < 1.29 is 0 Å². The fourth-order valence-corrected chi connectivity index (χ4v) is 1.82. The molecule has 0 atom stereocenters. The molecule has 15 heavy (non-hydrogen) atoms. The molecule has 0 aliphatic heterocycles. The van der Waals surface area contributed by atoms with Gasteiger partial charge in [-0.05, 0) is 11.5 Å².